The Labute approximate surface area is 501 Å². The number of benzene rings is 4. The molecule has 1 aliphatic rings. The first-order chi connectivity index (χ1) is 40.4. The molecule has 0 saturated carbocycles. The number of anilines is 1. The molecule has 0 radical (unpaired) electrons. The second-order valence-corrected chi connectivity index (χ2v) is 23.1. The van der Waals surface area contributed by atoms with Gasteiger partial charge in [-0.1, -0.05) is 83.1 Å². The van der Waals surface area contributed by atoms with E-state index in [4.69, 9.17) is 35.3 Å². The van der Waals surface area contributed by atoms with Gasteiger partial charge in [-0.25, -0.2) is 9.59 Å². The molecule has 0 unspecified atom stereocenters. The Balaban J connectivity index is 0.983. The Morgan fingerprint density at radius 1 is 0.729 bits per heavy atom. The fraction of sp³-hybridized carbons (Fsp3) is 0.476. The molecule has 4 N–H and O–H groups in total. The van der Waals surface area contributed by atoms with Gasteiger partial charge in [0.2, 0.25) is 17.7 Å². The van der Waals surface area contributed by atoms with Crippen LogP contribution < -0.4 is 30.3 Å². The molecule has 1 aliphatic heterocycles. The predicted octanol–water partition coefficient (Wildman–Crippen LogP) is 8.35. The lowest BCUT2D eigenvalue weighted by atomic mass is 9.92. The lowest BCUT2D eigenvalue weighted by molar-refractivity contribution is -0.139. The van der Waals surface area contributed by atoms with E-state index in [9.17, 15) is 43.2 Å². The number of carboxylic acid groups (broad SMARTS) is 1. The first kappa shape index (κ1) is 66.1. The van der Waals surface area contributed by atoms with Crippen LogP contribution in [0.3, 0.4) is 0 Å². The normalized spacial score (nSPS) is 13.9. The average molecular weight is 1190 g/mol. The molecule has 0 saturated heterocycles. The van der Waals surface area contributed by atoms with Gasteiger partial charge in [0.05, 0.1) is 24.2 Å². The molecule has 0 spiro atoms. The third-order valence-corrected chi connectivity index (χ3v) is 14.8. The van der Waals surface area contributed by atoms with Gasteiger partial charge in [-0.2, -0.15) is 0 Å². The zero-order valence-electron chi connectivity index (χ0n) is 50.0. The summed E-state index contributed by atoms with van der Waals surface area (Å²) in [5.74, 6) is -3.24. The number of nitrogens with one attached hydrogen (secondary N) is 3. The number of ketones is 2. The van der Waals surface area contributed by atoms with Crippen molar-refractivity contribution in [3.63, 3.8) is 0 Å². The first-order valence-electron chi connectivity index (χ1n) is 28.7. The molecule has 4 aromatic carbocycles. The van der Waals surface area contributed by atoms with Gasteiger partial charge >= 0.3 is 18.2 Å². The number of furan rings is 1. The number of aliphatic carboxylic acids is 1. The molecule has 4 atom stereocenters. The number of halogens is 1. The molecule has 0 bridgehead atoms. The van der Waals surface area contributed by atoms with Crippen molar-refractivity contribution in [1.29, 1.82) is 0 Å². The smallest absolute Gasteiger partial charge is 0.415 e. The van der Waals surface area contributed by atoms with Gasteiger partial charge in [0.1, 0.15) is 30.3 Å². The predicted molar refractivity (Wildman–Crippen MR) is 322 cm³/mol. The van der Waals surface area contributed by atoms with E-state index in [2.05, 4.69) is 16.0 Å². The summed E-state index contributed by atoms with van der Waals surface area (Å²) >= 11 is 6.55. The van der Waals surface area contributed by atoms with Crippen LogP contribution in [-0.4, -0.2) is 159 Å². The first-order valence-corrected chi connectivity index (χ1v) is 29.2. The van der Waals surface area contributed by atoms with Crippen LogP contribution in [0.5, 0.6) is 11.5 Å². The van der Waals surface area contributed by atoms with E-state index in [-0.39, 0.29) is 118 Å². The summed E-state index contributed by atoms with van der Waals surface area (Å²) in [6.07, 6.45) is -1.53. The largest absolute Gasteiger partial charge is 0.492 e. The lowest BCUT2D eigenvalue weighted by Gasteiger charge is -2.24. The number of fused-ring (bicyclic) bond motifs is 4. The summed E-state index contributed by atoms with van der Waals surface area (Å²) in [6.45, 7) is 10.8. The fourth-order valence-electron chi connectivity index (χ4n) is 9.72. The van der Waals surface area contributed by atoms with E-state index >= 15 is 0 Å². The number of carbonyl (C=O) groups is 9. The van der Waals surface area contributed by atoms with Gasteiger partial charge in [-0.15, -0.1) is 11.6 Å². The summed E-state index contributed by atoms with van der Waals surface area (Å²) in [5.41, 5.74) is 3.26. The monoisotopic (exact) mass is 1190 g/mol. The molecule has 6 amide bonds. The summed E-state index contributed by atoms with van der Waals surface area (Å²) in [5, 5.41) is 19.0. The van der Waals surface area contributed by atoms with Crippen LogP contribution in [0.2, 0.25) is 0 Å². The maximum absolute atomic E-state index is 14.3. The minimum atomic E-state index is -1.11. The van der Waals surface area contributed by atoms with Crippen LogP contribution in [-0.2, 0) is 46.5 Å². The summed E-state index contributed by atoms with van der Waals surface area (Å²) in [4.78, 5) is 123. The highest BCUT2D eigenvalue weighted by atomic mass is 35.5. The maximum Gasteiger partial charge on any atom is 0.415 e. The number of carbonyl (C=O) groups excluding carboxylic acids is 8. The number of ether oxygens (including phenoxy) is 3. The molecule has 6 rings (SSSR count). The molecule has 21 nitrogen and oxygen atoms in total. The van der Waals surface area contributed by atoms with Crippen molar-refractivity contribution in [3.05, 3.63) is 101 Å². The Kier molecular flexibility index (Phi) is 24.3. The Hall–Kier alpha value is -8.04. The van der Waals surface area contributed by atoms with Crippen LogP contribution in [0.25, 0.3) is 21.7 Å². The molecule has 2 heterocycles. The highest BCUT2D eigenvalue weighted by molar-refractivity contribution is 6.19. The number of amides is 6. The van der Waals surface area contributed by atoms with Crippen molar-refractivity contribution in [3.8, 4) is 11.5 Å². The number of carboxylic acids is 1. The quantitative estimate of drug-likeness (QED) is 0.0304. The molecule has 22 heteroatoms. The van der Waals surface area contributed by atoms with E-state index in [0.717, 1.165) is 17.5 Å². The molecular formula is C63H80ClN7O14. The van der Waals surface area contributed by atoms with Gasteiger partial charge in [-0.05, 0) is 85.1 Å². The Bertz CT molecular complexity index is 3200. The summed E-state index contributed by atoms with van der Waals surface area (Å²) in [7, 11) is 7.02. The summed E-state index contributed by atoms with van der Waals surface area (Å²) < 4.78 is 23.6. The number of hydrogen-bond acceptors (Lipinski definition) is 14. The van der Waals surface area contributed by atoms with E-state index in [0.29, 0.717) is 58.4 Å². The lowest BCUT2D eigenvalue weighted by Crippen LogP contribution is -2.46. The fourth-order valence-corrected chi connectivity index (χ4v) is 9.98. The number of rotatable bonds is 31. The van der Waals surface area contributed by atoms with Crippen LogP contribution in [0.1, 0.15) is 106 Å². The number of likely N-dealkylation sites (N-methyl/N-ethyl adjacent to an activating group) is 3. The highest BCUT2D eigenvalue weighted by Crippen LogP contribution is 2.46. The zero-order chi connectivity index (χ0) is 62.1. The second-order valence-electron chi connectivity index (χ2n) is 22.8. The molecule has 5 aromatic rings. The topological polar surface area (TPSA) is 264 Å². The number of nitrogens with zero attached hydrogens (tertiary/aromatic N) is 4. The average Bonchev–Trinajstić information content (AvgIpc) is 2.54. The van der Waals surface area contributed by atoms with E-state index < -0.39 is 53.9 Å². The molecular weight excluding hydrogens is 1110 g/mol. The second kappa shape index (κ2) is 31.2. The molecule has 0 aliphatic carbocycles. The van der Waals surface area contributed by atoms with Crippen molar-refractivity contribution in [2.75, 3.05) is 78.3 Å². The van der Waals surface area contributed by atoms with Crippen LogP contribution >= 0.6 is 11.6 Å². The number of hydrogen-bond donors (Lipinski definition) is 4. The van der Waals surface area contributed by atoms with Gasteiger partial charge < -0.3 is 59.3 Å². The molecule has 85 heavy (non-hydrogen) atoms. The third-order valence-electron chi connectivity index (χ3n) is 14.5. The molecule has 1 aromatic heterocycles. The van der Waals surface area contributed by atoms with Crippen molar-refractivity contribution in [1.82, 2.24) is 30.7 Å². The summed E-state index contributed by atoms with van der Waals surface area (Å²) in [6, 6.07) is 21.5. The highest BCUT2D eigenvalue weighted by Gasteiger charge is 2.37. The number of Topliss-reactive ketones (excluding diaryl/α,β-unsaturated/α-hetero) is 2. The van der Waals surface area contributed by atoms with Crippen molar-refractivity contribution < 1.29 is 66.9 Å². The minimum absolute atomic E-state index is 0.000583. The van der Waals surface area contributed by atoms with Crippen LogP contribution in [0.15, 0.2) is 83.3 Å². The SMILES string of the molecule is CC(C)C[C@H](NC(=O)CCNC(=O)CCC(=O)O)C(=O)C[C@@H](C)C(=O)N[C@@H](CC(C)C)C(=O)Cc1ccc(COC(=O)N(C)CCN(C)C(=O)Oc2cc3c(c4ccccc24)[C@H](CCl)CN3C(=O)c2cc3cc(OCCN(C)C)ccc3o2)cc1. The van der Waals surface area contributed by atoms with Crippen molar-refractivity contribution in [2.45, 2.75) is 104 Å². The van der Waals surface area contributed by atoms with Crippen LogP contribution in [0.4, 0.5) is 15.3 Å². The van der Waals surface area contributed by atoms with E-state index in [1.807, 2.05) is 77.0 Å². The van der Waals surface area contributed by atoms with E-state index in [1.54, 1.807) is 74.4 Å². The van der Waals surface area contributed by atoms with Crippen LogP contribution in [0, 0.1) is 17.8 Å². The zero-order valence-corrected chi connectivity index (χ0v) is 50.8. The Morgan fingerprint density at radius 3 is 2.02 bits per heavy atom. The van der Waals surface area contributed by atoms with Crippen molar-refractivity contribution >= 4 is 92.4 Å². The van der Waals surface area contributed by atoms with E-state index in [1.165, 1.54) is 9.80 Å². The molecule has 0 fully saturated rings. The third kappa shape index (κ3) is 19.2. The van der Waals surface area contributed by atoms with Gasteiger partial charge in [0.15, 0.2) is 17.3 Å². The van der Waals surface area contributed by atoms with Gasteiger partial charge in [0, 0.05) is 107 Å². The van der Waals surface area contributed by atoms with Gasteiger partial charge in [0.25, 0.3) is 5.91 Å². The van der Waals surface area contributed by atoms with Gasteiger partial charge in [-0.3, -0.25) is 33.6 Å². The minimum Gasteiger partial charge on any atom is -0.492 e. The Morgan fingerprint density at radius 2 is 1.38 bits per heavy atom. The van der Waals surface area contributed by atoms with Crippen molar-refractivity contribution in [2.24, 2.45) is 17.8 Å². The number of alkyl halides is 1. The maximum atomic E-state index is 14.3. The molecule has 458 valence electrons. The standard InChI is InChI=1S/C63H80ClN7O14/c1-38(2)28-48(66-57(75)22-23-65-56(74)20-21-58(76)77)51(72)30-40(5)60(78)67-49(29-39(3)4)52(73)31-41-14-16-42(17-15-41)37-83-62(80)69(8)24-25-70(9)63(81)85-54-34-50-59(47-13-11-10-12-46(47)54)44(35-64)36-71(50)61(79)55-33-43-32-45(18-19-53(43)84-55)82-27-26-68(6)7/h10-19,32-34,38-40,44,48-49H,20-31,35-37H2,1-9H3,(H,65,74)(H,66,75)(H,67,78)(H,76,77)/t40-,44-,48+,49+/m1/s1.